The number of hydrogen-bond donors (Lipinski definition) is 2. The van der Waals surface area contributed by atoms with E-state index >= 15 is 0 Å². The van der Waals surface area contributed by atoms with E-state index in [0.717, 1.165) is 0 Å². The van der Waals surface area contributed by atoms with Gasteiger partial charge in [0, 0.05) is 18.8 Å². The van der Waals surface area contributed by atoms with Crippen molar-refractivity contribution in [1.82, 2.24) is 15.1 Å². The molecule has 1 rings (SSSR count). The molecule has 4 nitrogen and oxygen atoms in total. The highest BCUT2D eigenvalue weighted by molar-refractivity contribution is 5.21. The van der Waals surface area contributed by atoms with Crippen molar-refractivity contribution in [3.63, 3.8) is 0 Å². The van der Waals surface area contributed by atoms with Gasteiger partial charge in [-0.25, -0.2) is 0 Å². The molecule has 98 valence electrons. The van der Waals surface area contributed by atoms with Crippen LogP contribution in [-0.4, -0.2) is 34.2 Å². The number of aryl methyl sites for hydroxylation is 2. The highest BCUT2D eigenvalue weighted by Crippen LogP contribution is 2.20. The Labute approximate surface area is 97.4 Å². The van der Waals surface area contributed by atoms with Crippen molar-refractivity contribution in [2.45, 2.75) is 25.6 Å². The summed E-state index contributed by atoms with van der Waals surface area (Å²) in [5.41, 5.74) is 1.31. The summed E-state index contributed by atoms with van der Waals surface area (Å²) in [6.45, 7) is 0.342. The molecule has 0 aromatic carbocycles. The number of nitrogens with zero attached hydrogens (tertiary/aromatic N) is 2. The van der Waals surface area contributed by atoms with Crippen LogP contribution in [0.4, 0.5) is 13.2 Å². The third-order valence-electron chi connectivity index (χ3n) is 2.38. The van der Waals surface area contributed by atoms with Crippen LogP contribution in [0.2, 0.25) is 0 Å². The molecule has 1 atom stereocenters. The van der Waals surface area contributed by atoms with Gasteiger partial charge >= 0.3 is 6.18 Å². The minimum absolute atomic E-state index is 0.394. The van der Waals surface area contributed by atoms with Gasteiger partial charge in [0.15, 0.2) is 0 Å². The second-order valence-corrected chi connectivity index (χ2v) is 3.79. The predicted molar refractivity (Wildman–Crippen MR) is 56.5 cm³/mol. The van der Waals surface area contributed by atoms with E-state index < -0.39 is 25.4 Å². The van der Waals surface area contributed by atoms with Gasteiger partial charge in [-0.05, 0) is 6.42 Å². The van der Waals surface area contributed by atoms with Gasteiger partial charge in [-0.1, -0.05) is 6.92 Å². The summed E-state index contributed by atoms with van der Waals surface area (Å²) in [4.78, 5) is 0. The Morgan fingerprint density at radius 3 is 2.65 bits per heavy atom. The largest absolute Gasteiger partial charge is 0.401 e. The Bertz CT molecular complexity index is 362. The summed E-state index contributed by atoms with van der Waals surface area (Å²) >= 11 is 0. The van der Waals surface area contributed by atoms with Crippen LogP contribution >= 0.6 is 0 Å². The Morgan fingerprint density at radius 2 is 2.18 bits per heavy atom. The van der Waals surface area contributed by atoms with E-state index in [2.05, 4.69) is 10.4 Å². The third-order valence-corrected chi connectivity index (χ3v) is 2.38. The minimum Gasteiger partial charge on any atom is -0.394 e. The van der Waals surface area contributed by atoms with Gasteiger partial charge in [-0.15, -0.1) is 0 Å². The van der Waals surface area contributed by atoms with E-state index in [4.69, 9.17) is 5.11 Å². The van der Waals surface area contributed by atoms with Gasteiger partial charge < -0.3 is 5.11 Å². The first-order valence-electron chi connectivity index (χ1n) is 5.30. The van der Waals surface area contributed by atoms with Crippen LogP contribution in [0.3, 0.4) is 0 Å². The molecule has 0 radical (unpaired) electrons. The first kappa shape index (κ1) is 14.0. The van der Waals surface area contributed by atoms with Crippen LogP contribution < -0.4 is 5.32 Å². The van der Waals surface area contributed by atoms with Crippen molar-refractivity contribution in [3.05, 3.63) is 17.5 Å². The number of aromatic nitrogens is 2. The molecule has 1 unspecified atom stereocenters. The number of aliphatic hydroxyl groups excluding tert-OH is 1. The Hall–Kier alpha value is -1.08. The van der Waals surface area contributed by atoms with Crippen molar-refractivity contribution in [3.8, 4) is 0 Å². The maximum absolute atomic E-state index is 12.1. The van der Waals surface area contributed by atoms with Gasteiger partial charge in [0.05, 0.1) is 24.9 Å². The molecule has 2 N–H and O–H groups in total. The molecule has 7 heteroatoms. The fourth-order valence-electron chi connectivity index (χ4n) is 1.63. The summed E-state index contributed by atoms with van der Waals surface area (Å²) < 4.78 is 37.8. The Kier molecular flexibility index (Phi) is 4.53. The van der Waals surface area contributed by atoms with E-state index in [1.165, 1.54) is 4.68 Å². The molecule has 0 aliphatic carbocycles. The third kappa shape index (κ3) is 4.01. The zero-order valence-corrected chi connectivity index (χ0v) is 9.75. The lowest BCUT2D eigenvalue weighted by Crippen LogP contribution is -2.34. The smallest absolute Gasteiger partial charge is 0.394 e. The molecular formula is C10H16F3N3O. The first-order chi connectivity index (χ1) is 7.87. The maximum atomic E-state index is 12.1. The van der Waals surface area contributed by atoms with Gasteiger partial charge in [-0.2, -0.15) is 18.3 Å². The lowest BCUT2D eigenvalue weighted by atomic mass is 10.1. The zero-order chi connectivity index (χ0) is 13.1. The lowest BCUT2D eigenvalue weighted by Gasteiger charge is -2.17. The molecule has 0 saturated carbocycles. The van der Waals surface area contributed by atoms with E-state index in [1.54, 1.807) is 13.2 Å². The molecule has 0 amide bonds. The molecule has 0 spiro atoms. The summed E-state index contributed by atoms with van der Waals surface area (Å²) in [5.74, 6) is 0. The van der Waals surface area contributed by atoms with Crippen LogP contribution in [0.25, 0.3) is 0 Å². The van der Waals surface area contributed by atoms with E-state index in [-0.39, 0.29) is 0 Å². The van der Waals surface area contributed by atoms with E-state index in [1.807, 2.05) is 6.92 Å². The predicted octanol–water partition coefficient (Wildman–Crippen LogP) is 1.17. The second kappa shape index (κ2) is 5.50. The first-order valence-corrected chi connectivity index (χ1v) is 5.30. The maximum Gasteiger partial charge on any atom is 0.401 e. The van der Waals surface area contributed by atoms with Crippen LogP contribution in [0, 0.1) is 0 Å². The van der Waals surface area contributed by atoms with Gasteiger partial charge in [-0.3, -0.25) is 10.00 Å². The minimum atomic E-state index is -4.29. The zero-order valence-electron chi connectivity index (χ0n) is 9.75. The Morgan fingerprint density at radius 1 is 1.53 bits per heavy atom. The quantitative estimate of drug-likeness (QED) is 0.826. The number of nitrogens with one attached hydrogen (secondary N) is 1. The fourth-order valence-corrected chi connectivity index (χ4v) is 1.63. The van der Waals surface area contributed by atoms with Crippen molar-refractivity contribution in [2.24, 2.45) is 7.05 Å². The standard InChI is InChI=1S/C10H16F3N3O/c1-3-8-7(4-16(2)15-8)9(5-17)14-6-10(11,12)13/h4,9,14,17H,3,5-6H2,1-2H3. The van der Waals surface area contributed by atoms with Crippen molar-refractivity contribution in [1.29, 1.82) is 0 Å². The average Bonchev–Trinajstić information content (AvgIpc) is 2.59. The van der Waals surface area contributed by atoms with Gasteiger partial charge in [0.2, 0.25) is 0 Å². The summed E-state index contributed by atoms with van der Waals surface area (Å²) in [6.07, 6.45) is -2.05. The number of hydrogen-bond acceptors (Lipinski definition) is 3. The van der Waals surface area contributed by atoms with E-state index in [9.17, 15) is 13.2 Å². The molecule has 1 aromatic rings. The Balaban J connectivity index is 2.78. The molecular weight excluding hydrogens is 235 g/mol. The highest BCUT2D eigenvalue weighted by Gasteiger charge is 2.29. The molecule has 0 aliphatic heterocycles. The van der Waals surface area contributed by atoms with Gasteiger partial charge in [0.1, 0.15) is 0 Å². The molecule has 1 aromatic heterocycles. The van der Waals surface area contributed by atoms with Crippen molar-refractivity contribution in [2.75, 3.05) is 13.2 Å². The number of rotatable bonds is 5. The molecule has 0 bridgehead atoms. The van der Waals surface area contributed by atoms with Crippen molar-refractivity contribution >= 4 is 0 Å². The average molecular weight is 251 g/mol. The monoisotopic (exact) mass is 251 g/mol. The summed E-state index contributed by atoms with van der Waals surface area (Å²) in [7, 11) is 1.70. The normalized spacial score (nSPS) is 14.0. The lowest BCUT2D eigenvalue weighted by molar-refractivity contribution is -0.126. The SMILES string of the molecule is CCc1nn(C)cc1C(CO)NCC(F)(F)F. The highest BCUT2D eigenvalue weighted by atomic mass is 19.4. The summed E-state index contributed by atoms with van der Waals surface area (Å²) in [5, 5.41) is 15.6. The van der Waals surface area contributed by atoms with Crippen molar-refractivity contribution < 1.29 is 18.3 Å². The molecule has 1 heterocycles. The molecule has 17 heavy (non-hydrogen) atoms. The van der Waals surface area contributed by atoms with Crippen LogP contribution in [-0.2, 0) is 13.5 Å². The number of alkyl halides is 3. The summed E-state index contributed by atoms with van der Waals surface area (Å²) in [6, 6.07) is -0.736. The molecule has 0 aliphatic rings. The van der Waals surface area contributed by atoms with E-state index in [0.29, 0.717) is 17.7 Å². The topological polar surface area (TPSA) is 50.1 Å². The van der Waals surface area contributed by atoms with Crippen LogP contribution in [0.15, 0.2) is 6.20 Å². The van der Waals surface area contributed by atoms with Gasteiger partial charge in [0.25, 0.3) is 0 Å². The number of halogens is 3. The molecule has 0 fully saturated rings. The number of aliphatic hydroxyl groups is 1. The molecule has 0 saturated heterocycles. The van der Waals surface area contributed by atoms with Crippen LogP contribution in [0.1, 0.15) is 24.2 Å². The fraction of sp³-hybridized carbons (Fsp3) is 0.700. The second-order valence-electron chi connectivity index (χ2n) is 3.79. The van der Waals surface area contributed by atoms with Crippen LogP contribution in [0.5, 0.6) is 0 Å².